The van der Waals surface area contributed by atoms with Crippen LogP contribution in [0.3, 0.4) is 0 Å². The van der Waals surface area contributed by atoms with E-state index < -0.39 is 0 Å². The summed E-state index contributed by atoms with van der Waals surface area (Å²) >= 11 is 0. The standard InChI is InChI=1S/C25H24N4O/c1-28(2)21-12-14-22(15-13-21)29-16-6-10-23(29)18-26-27-25(30)17-20-9-5-8-19-7-3-4-11-24(19)20/h3-16,18H,17H2,1-2H3,(H,27,30)/b26-18+. The molecule has 0 saturated carbocycles. The molecule has 0 aliphatic rings. The van der Waals surface area contributed by atoms with Gasteiger partial charge in [-0.1, -0.05) is 42.5 Å². The summed E-state index contributed by atoms with van der Waals surface area (Å²) in [6.07, 6.45) is 3.93. The molecule has 0 bridgehead atoms. The zero-order valence-electron chi connectivity index (χ0n) is 17.1. The van der Waals surface area contributed by atoms with Crippen LogP contribution in [-0.2, 0) is 11.2 Å². The average molecular weight is 396 g/mol. The summed E-state index contributed by atoms with van der Waals surface area (Å²) in [5.74, 6) is -0.143. The lowest BCUT2D eigenvalue weighted by atomic mass is 10.0. The molecule has 0 saturated heterocycles. The predicted molar refractivity (Wildman–Crippen MR) is 123 cm³/mol. The fourth-order valence-electron chi connectivity index (χ4n) is 3.48. The normalized spacial score (nSPS) is 11.1. The van der Waals surface area contributed by atoms with Crippen molar-refractivity contribution in [2.24, 2.45) is 5.10 Å². The molecule has 0 radical (unpaired) electrons. The maximum absolute atomic E-state index is 12.4. The van der Waals surface area contributed by atoms with Gasteiger partial charge in [0.15, 0.2) is 0 Å². The molecule has 0 aliphatic heterocycles. The molecule has 0 atom stereocenters. The molecule has 3 aromatic carbocycles. The minimum absolute atomic E-state index is 0.143. The smallest absolute Gasteiger partial charge is 0.244 e. The summed E-state index contributed by atoms with van der Waals surface area (Å²) in [6, 6.07) is 26.3. The number of hydrazone groups is 1. The second-order valence-corrected chi connectivity index (χ2v) is 7.32. The van der Waals surface area contributed by atoms with E-state index in [1.165, 1.54) is 0 Å². The monoisotopic (exact) mass is 396 g/mol. The number of rotatable bonds is 6. The van der Waals surface area contributed by atoms with E-state index in [-0.39, 0.29) is 12.3 Å². The summed E-state index contributed by atoms with van der Waals surface area (Å²) in [7, 11) is 4.04. The second kappa shape index (κ2) is 8.66. The Morgan fingerprint density at radius 3 is 2.53 bits per heavy atom. The predicted octanol–water partition coefficient (Wildman–Crippen LogP) is 4.39. The van der Waals surface area contributed by atoms with Crippen molar-refractivity contribution >= 4 is 28.6 Å². The van der Waals surface area contributed by atoms with Crippen molar-refractivity contribution in [3.63, 3.8) is 0 Å². The molecule has 0 fully saturated rings. The quantitative estimate of drug-likeness (QED) is 0.388. The molecule has 5 heteroatoms. The summed E-state index contributed by atoms with van der Waals surface area (Å²) in [5, 5.41) is 6.39. The molecule has 0 spiro atoms. The lowest BCUT2D eigenvalue weighted by molar-refractivity contribution is -0.120. The van der Waals surface area contributed by atoms with E-state index in [9.17, 15) is 4.79 Å². The highest BCUT2D eigenvalue weighted by molar-refractivity contribution is 5.90. The second-order valence-electron chi connectivity index (χ2n) is 7.32. The van der Waals surface area contributed by atoms with Crippen molar-refractivity contribution in [2.45, 2.75) is 6.42 Å². The van der Waals surface area contributed by atoms with Crippen LogP contribution in [0, 0.1) is 0 Å². The number of hydrogen-bond acceptors (Lipinski definition) is 3. The van der Waals surface area contributed by atoms with Gasteiger partial charge in [0, 0.05) is 31.7 Å². The van der Waals surface area contributed by atoms with Crippen LogP contribution in [0.1, 0.15) is 11.3 Å². The van der Waals surface area contributed by atoms with Gasteiger partial charge in [-0.3, -0.25) is 4.79 Å². The van der Waals surface area contributed by atoms with Crippen LogP contribution in [0.4, 0.5) is 5.69 Å². The summed E-state index contributed by atoms with van der Waals surface area (Å²) < 4.78 is 2.03. The van der Waals surface area contributed by atoms with Crippen molar-refractivity contribution in [1.82, 2.24) is 9.99 Å². The first-order valence-corrected chi connectivity index (χ1v) is 9.85. The zero-order valence-corrected chi connectivity index (χ0v) is 17.1. The lowest BCUT2D eigenvalue weighted by Crippen LogP contribution is -2.20. The first-order chi connectivity index (χ1) is 14.6. The molecule has 0 aliphatic carbocycles. The third-order valence-electron chi connectivity index (χ3n) is 5.04. The Hall–Kier alpha value is -3.86. The number of nitrogens with one attached hydrogen (secondary N) is 1. The molecular weight excluding hydrogens is 372 g/mol. The van der Waals surface area contributed by atoms with Gasteiger partial charge >= 0.3 is 0 Å². The molecular formula is C25H24N4O. The minimum Gasteiger partial charge on any atom is -0.378 e. The highest BCUT2D eigenvalue weighted by atomic mass is 16.2. The first-order valence-electron chi connectivity index (χ1n) is 9.85. The Bertz CT molecular complexity index is 1180. The van der Waals surface area contributed by atoms with Gasteiger partial charge in [-0.25, -0.2) is 5.43 Å². The van der Waals surface area contributed by atoms with Crippen molar-refractivity contribution in [1.29, 1.82) is 0 Å². The number of fused-ring (bicyclic) bond motifs is 1. The largest absolute Gasteiger partial charge is 0.378 e. The SMILES string of the molecule is CN(C)c1ccc(-n2cccc2/C=N/NC(=O)Cc2cccc3ccccc23)cc1. The van der Waals surface area contributed by atoms with Crippen LogP contribution in [0.5, 0.6) is 0 Å². The van der Waals surface area contributed by atoms with Gasteiger partial charge in [0.25, 0.3) is 0 Å². The summed E-state index contributed by atoms with van der Waals surface area (Å²) in [5.41, 5.74) is 6.70. The molecule has 4 rings (SSSR count). The van der Waals surface area contributed by atoms with Crippen molar-refractivity contribution in [3.05, 3.63) is 96.3 Å². The molecule has 4 aromatic rings. The van der Waals surface area contributed by atoms with E-state index in [0.29, 0.717) is 0 Å². The minimum atomic E-state index is -0.143. The first kappa shape index (κ1) is 19.5. The van der Waals surface area contributed by atoms with Crippen LogP contribution in [0.2, 0.25) is 0 Å². The van der Waals surface area contributed by atoms with Gasteiger partial charge in [-0.15, -0.1) is 0 Å². The fraction of sp³-hybridized carbons (Fsp3) is 0.120. The van der Waals surface area contributed by atoms with Crippen LogP contribution < -0.4 is 10.3 Å². The van der Waals surface area contributed by atoms with Crippen LogP contribution in [-0.4, -0.2) is 30.8 Å². The third kappa shape index (κ3) is 4.25. The van der Waals surface area contributed by atoms with Crippen molar-refractivity contribution < 1.29 is 4.79 Å². The van der Waals surface area contributed by atoms with E-state index in [1.54, 1.807) is 6.21 Å². The van der Waals surface area contributed by atoms with Gasteiger partial charge < -0.3 is 9.47 Å². The molecule has 5 nitrogen and oxygen atoms in total. The van der Waals surface area contributed by atoms with E-state index in [2.05, 4.69) is 39.7 Å². The molecule has 30 heavy (non-hydrogen) atoms. The Labute approximate surface area is 176 Å². The maximum Gasteiger partial charge on any atom is 0.244 e. The average Bonchev–Trinajstić information content (AvgIpc) is 3.22. The van der Waals surface area contributed by atoms with Crippen molar-refractivity contribution in [3.8, 4) is 5.69 Å². The maximum atomic E-state index is 12.4. The Morgan fingerprint density at radius 2 is 1.73 bits per heavy atom. The Balaban J connectivity index is 1.44. The molecule has 1 aromatic heterocycles. The molecule has 1 N–H and O–H groups in total. The number of carbonyl (C=O) groups excluding carboxylic acids is 1. The topological polar surface area (TPSA) is 49.6 Å². The zero-order chi connectivity index (χ0) is 20.9. The van der Waals surface area contributed by atoms with Gasteiger partial charge in [0.1, 0.15) is 0 Å². The lowest BCUT2D eigenvalue weighted by Gasteiger charge is -2.13. The molecule has 150 valence electrons. The van der Waals surface area contributed by atoms with Crippen LogP contribution in [0.25, 0.3) is 16.5 Å². The van der Waals surface area contributed by atoms with Gasteiger partial charge in [-0.2, -0.15) is 5.10 Å². The highest BCUT2D eigenvalue weighted by Gasteiger charge is 2.06. The Morgan fingerprint density at radius 1 is 0.967 bits per heavy atom. The number of benzene rings is 3. The van der Waals surface area contributed by atoms with Gasteiger partial charge in [0.2, 0.25) is 5.91 Å². The third-order valence-corrected chi connectivity index (χ3v) is 5.04. The van der Waals surface area contributed by atoms with E-state index in [4.69, 9.17) is 0 Å². The Kier molecular flexibility index (Phi) is 5.61. The number of carbonyl (C=O) groups is 1. The number of anilines is 1. The van der Waals surface area contributed by atoms with E-state index in [0.717, 1.165) is 33.4 Å². The van der Waals surface area contributed by atoms with Crippen molar-refractivity contribution in [2.75, 3.05) is 19.0 Å². The molecule has 1 amide bonds. The van der Waals surface area contributed by atoms with Crippen LogP contribution in [0.15, 0.2) is 90.2 Å². The van der Waals surface area contributed by atoms with Gasteiger partial charge in [-0.05, 0) is 52.7 Å². The number of aromatic nitrogens is 1. The van der Waals surface area contributed by atoms with E-state index in [1.807, 2.05) is 79.5 Å². The van der Waals surface area contributed by atoms with Gasteiger partial charge in [0.05, 0.1) is 18.3 Å². The number of nitrogens with zero attached hydrogens (tertiary/aromatic N) is 3. The highest BCUT2D eigenvalue weighted by Crippen LogP contribution is 2.19. The fourth-order valence-corrected chi connectivity index (χ4v) is 3.48. The number of hydrogen-bond donors (Lipinski definition) is 1. The van der Waals surface area contributed by atoms with Crippen LogP contribution >= 0.6 is 0 Å². The summed E-state index contributed by atoms with van der Waals surface area (Å²) in [6.45, 7) is 0. The number of amides is 1. The van der Waals surface area contributed by atoms with E-state index >= 15 is 0 Å². The molecule has 1 heterocycles. The summed E-state index contributed by atoms with van der Waals surface area (Å²) in [4.78, 5) is 14.5. The molecule has 0 unspecified atom stereocenters.